The van der Waals surface area contributed by atoms with Crippen LogP contribution in [0.25, 0.3) is 5.03 Å². The first-order chi connectivity index (χ1) is 6.69. The zero-order valence-corrected chi connectivity index (χ0v) is 9.80. The highest BCUT2D eigenvalue weighted by Gasteiger charge is 2.04. The van der Waals surface area contributed by atoms with Crippen LogP contribution in [0, 0.1) is 0 Å². The maximum absolute atomic E-state index is 11.1. The van der Waals surface area contributed by atoms with Crippen molar-refractivity contribution in [2.24, 2.45) is 0 Å². The Morgan fingerprint density at radius 2 is 1.86 bits per heavy atom. The van der Waals surface area contributed by atoms with Gasteiger partial charge < -0.3 is 4.74 Å². The number of carbonyl (C=O) groups excluding carboxylic acids is 1. The van der Waals surface area contributed by atoms with Crippen LogP contribution in [-0.4, -0.2) is 13.1 Å². The van der Waals surface area contributed by atoms with Crippen LogP contribution in [0.15, 0.2) is 29.3 Å². The molecule has 0 N–H and O–H groups in total. The van der Waals surface area contributed by atoms with E-state index in [0.29, 0.717) is 10.6 Å². The predicted molar refractivity (Wildman–Crippen MR) is 60.5 cm³/mol. The van der Waals surface area contributed by atoms with Crippen LogP contribution in [0.2, 0.25) is 0 Å². The molecule has 74 valence electrons. The lowest BCUT2D eigenvalue weighted by molar-refractivity contribution is 0.0601. The maximum Gasteiger partial charge on any atom is 0.337 e. The minimum absolute atomic E-state index is 0.351. The maximum atomic E-state index is 11.1. The highest BCUT2D eigenvalue weighted by atomic mass is 79.9. The molecule has 2 nitrogen and oxygen atoms in total. The summed E-state index contributed by atoms with van der Waals surface area (Å²) in [6.07, 6.45) is 0. The molecule has 0 radical (unpaired) electrons. The van der Waals surface area contributed by atoms with Gasteiger partial charge in [0, 0.05) is 4.99 Å². The lowest BCUT2D eigenvalue weighted by atomic mass is 10.1. The zero-order chi connectivity index (χ0) is 10.6. The van der Waals surface area contributed by atoms with Crippen molar-refractivity contribution in [1.29, 1.82) is 0 Å². The number of carbonyl (C=O) groups is 1. The highest BCUT2D eigenvalue weighted by Crippen LogP contribution is 2.20. The van der Waals surface area contributed by atoms with Gasteiger partial charge in [0.15, 0.2) is 0 Å². The largest absolute Gasteiger partial charge is 0.465 e. The molecule has 1 rings (SSSR count). The van der Waals surface area contributed by atoms with Crippen LogP contribution < -0.4 is 0 Å². The van der Waals surface area contributed by atoms with E-state index >= 15 is 0 Å². The summed E-state index contributed by atoms with van der Waals surface area (Å²) in [4.78, 5) is 12.7. The lowest BCUT2D eigenvalue weighted by Gasteiger charge is -2.00. The van der Waals surface area contributed by atoms with Gasteiger partial charge in [-0.25, -0.2) is 4.79 Å². The third-order valence-electron chi connectivity index (χ3n) is 1.68. The predicted octanol–water partition coefficient (Wildman–Crippen LogP) is 3.41. The van der Waals surface area contributed by atoms with Crippen molar-refractivity contribution in [2.75, 3.05) is 7.11 Å². The normalized spacial score (nSPS) is 11.2. The Morgan fingerprint density at radius 3 is 2.29 bits per heavy atom. The van der Waals surface area contributed by atoms with E-state index in [-0.39, 0.29) is 5.97 Å². The number of benzene rings is 1. The second-order valence-electron chi connectivity index (χ2n) is 2.53. The molecular formula is C10H8BrClO2. The monoisotopic (exact) mass is 274 g/mol. The minimum atomic E-state index is -0.351. The molecule has 0 aliphatic carbocycles. The Labute approximate surface area is 95.6 Å². The number of rotatable bonds is 2. The van der Waals surface area contributed by atoms with E-state index in [1.165, 1.54) is 7.11 Å². The van der Waals surface area contributed by atoms with Gasteiger partial charge in [-0.05, 0) is 17.7 Å². The Morgan fingerprint density at radius 1 is 1.36 bits per heavy atom. The summed E-state index contributed by atoms with van der Waals surface area (Å²) < 4.78 is 4.57. The molecule has 0 saturated carbocycles. The summed E-state index contributed by atoms with van der Waals surface area (Å²) in [5.74, 6) is -0.351. The average molecular weight is 276 g/mol. The number of methoxy groups -OCH3 is 1. The molecule has 0 spiro atoms. The minimum Gasteiger partial charge on any atom is -0.465 e. The number of hydrogen-bond donors (Lipinski definition) is 0. The number of ether oxygens (including phenoxy) is 1. The van der Waals surface area contributed by atoms with Gasteiger partial charge in [-0.15, -0.1) is 0 Å². The SMILES string of the molecule is COC(=O)c1ccc(/C(Cl)=C/Br)cc1. The van der Waals surface area contributed by atoms with Crippen LogP contribution in [0.3, 0.4) is 0 Å². The zero-order valence-electron chi connectivity index (χ0n) is 7.46. The fraction of sp³-hybridized carbons (Fsp3) is 0.100. The van der Waals surface area contributed by atoms with E-state index in [0.717, 1.165) is 5.56 Å². The van der Waals surface area contributed by atoms with Crippen molar-refractivity contribution in [1.82, 2.24) is 0 Å². The smallest absolute Gasteiger partial charge is 0.337 e. The molecule has 0 atom stereocenters. The van der Waals surface area contributed by atoms with Crippen molar-refractivity contribution in [3.63, 3.8) is 0 Å². The highest BCUT2D eigenvalue weighted by molar-refractivity contribution is 9.11. The molecule has 0 amide bonds. The molecule has 0 fully saturated rings. The third kappa shape index (κ3) is 2.59. The third-order valence-corrected chi connectivity index (χ3v) is 2.73. The quantitative estimate of drug-likeness (QED) is 0.773. The van der Waals surface area contributed by atoms with Crippen LogP contribution in [0.4, 0.5) is 0 Å². The molecule has 1 aromatic rings. The molecule has 0 heterocycles. The second-order valence-corrected chi connectivity index (χ2v) is 3.39. The summed E-state index contributed by atoms with van der Waals surface area (Å²) in [6.45, 7) is 0. The summed E-state index contributed by atoms with van der Waals surface area (Å²) in [5, 5.41) is 0.585. The van der Waals surface area contributed by atoms with Gasteiger partial charge in [0.2, 0.25) is 0 Å². The van der Waals surface area contributed by atoms with E-state index in [9.17, 15) is 4.79 Å². The van der Waals surface area contributed by atoms with Crippen molar-refractivity contribution < 1.29 is 9.53 Å². The molecule has 1 aromatic carbocycles. The molecule has 14 heavy (non-hydrogen) atoms. The van der Waals surface area contributed by atoms with Gasteiger partial charge in [-0.1, -0.05) is 39.7 Å². The van der Waals surface area contributed by atoms with Gasteiger partial charge in [-0.2, -0.15) is 0 Å². The van der Waals surface area contributed by atoms with E-state index in [1.54, 1.807) is 29.3 Å². The van der Waals surface area contributed by atoms with Crippen molar-refractivity contribution in [3.8, 4) is 0 Å². The Bertz CT molecular complexity index is 357. The number of esters is 1. The van der Waals surface area contributed by atoms with E-state index in [4.69, 9.17) is 11.6 Å². The molecule has 4 heteroatoms. The van der Waals surface area contributed by atoms with Gasteiger partial charge in [0.1, 0.15) is 0 Å². The second kappa shape index (κ2) is 5.17. The van der Waals surface area contributed by atoms with Crippen LogP contribution in [-0.2, 0) is 4.74 Å². The Kier molecular flexibility index (Phi) is 4.17. The van der Waals surface area contributed by atoms with Crippen molar-refractivity contribution in [2.45, 2.75) is 0 Å². The fourth-order valence-electron chi connectivity index (χ4n) is 0.946. The Balaban J connectivity index is 2.95. The van der Waals surface area contributed by atoms with Crippen LogP contribution in [0.5, 0.6) is 0 Å². The van der Waals surface area contributed by atoms with Crippen LogP contribution >= 0.6 is 27.5 Å². The standard InChI is InChI=1S/C10H8BrClO2/c1-14-10(13)8-4-2-7(3-5-8)9(12)6-11/h2-6H,1H3/b9-6-. The van der Waals surface area contributed by atoms with Gasteiger partial charge >= 0.3 is 5.97 Å². The number of halogens is 2. The molecule has 0 saturated heterocycles. The number of hydrogen-bond acceptors (Lipinski definition) is 2. The Hall–Kier alpha value is -0.800. The molecule has 0 bridgehead atoms. The van der Waals surface area contributed by atoms with Gasteiger partial charge in [0.05, 0.1) is 17.7 Å². The molecule has 0 aliphatic rings. The van der Waals surface area contributed by atoms with Crippen molar-refractivity contribution >= 4 is 38.5 Å². The topological polar surface area (TPSA) is 26.3 Å². The van der Waals surface area contributed by atoms with Crippen LogP contribution in [0.1, 0.15) is 15.9 Å². The van der Waals surface area contributed by atoms with Crippen molar-refractivity contribution in [3.05, 3.63) is 40.4 Å². The average Bonchev–Trinajstić information content (AvgIpc) is 2.27. The first-order valence-electron chi connectivity index (χ1n) is 3.83. The summed E-state index contributed by atoms with van der Waals surface area (Å²) in [7, 11) is 1.35. The van der Waals surface area contributed by atoms with Gasteiger partial charge in [0.25, 0.3) is 0 Å². The van der Waals surface area contributed by atoms with E-state index in [1.807, 2.05) is 0 Å². The molecular weight excluding hydrogens is 267 g/mol. The molecule has 0 unspecified atom stereocenters. The summed E-state index contributed by atoms with van der Waals surface area (Å²) >= 11 is 8.98. The lowest BCUT2D eigenvalue weighted by Crippen LogP contribution is -2.00. The first-order valence-corrected chi connectivity index (χ1v) is 5.13. The van der Waals surface area contributed by atoms with E-state index < -0.39 is 0 Å². The van der Waals surface area contributed by atoms with E-state index in [2.05, 4.69) is 20.7 Å². The summed E-state index contributed by atoms with van der Waals surface area (Å²) in [5.41, 5.74) is 1.35. The molecule has 0 aliphatic heterocycles. The first kappa shape index (κ1) is 11.3. The molecule has 0 aromatic heterocycles. The summed E-state index contributed by atoms with van der Waals surface area (Å²) in [6, 6.07) is 6.85. The fourth-order valence-corrected chi connectivity index (χ4v) is 1.34. The van der Waals surface area contributed by atoms with Gasteiger partial charge in [-0.3, -0.25) is 0 Å².